The van der Waals surface area contributed by atoms with Crippen molar-refractivity contribution in [3.63, 3.8) is 0 Å². The largest absolute Gasteiger partial charge is 0.289 e. The fraction of sp³-hybridized carbons (Fsp3) is 0.214. The first-order valence-electron chi connectivity index (χ1n) is 5.92. The molecule has 5 heteroatoms. The second-order valence-electron chi connectivity index (χ2n) is 4.16. The highest BCUT2D eigenvalue weighted by Gasteiger charge is 2.07. The van der Waals surface area contributed by atoms with Crippen LogP contribution >= 0.6 is 23.1 Å². The van der Waals surface area contributed by atoms with Crippen molar-refractivity contribution < 1.29 is 4.79 Å². The van der Waals surface area contributed by atoms with Crippen LogP contribution in [0.1, 0.15) is 25.7 Å². The molecule has 0 saturated carbocycles. The topological polar surface area (TPSA) is 55.1 Å². The van der Waals surface area contributed by atoms with Crippen LogP contribution in [0.3, 0.4) is 0 Å². The Labute approximate surface area is 121 Å². The molecule has 0 aliphatic heterocycles. The number of amides is 1. The van der Waals surface area contributed by atoms with Crippen molar-refractivity contribution in [2.45, 2.75) is 18.4 Å². The van der Waals surface area contributed by atoms with Gasteiger partial charge in [0.25, 0.3) is 5.91 Å². The third-order valence-electron chi connectivity index (χ3n) is 2.78. The summed E-state index contributed by atoms with van der Waals surface area (Å²) in [6, 6.07) is 12.2. The lowest BCUT2D eigenvalue weighted by atomic mass is 10.1. The summed E-state index contributed by atoms with van der Waals surface area (Å²) in [6.07, 6.45) is 0. The fourth-order valence-corrected chi connectivity index (χ4v) is 3.82. The van der Waals surface area contributed by atoms with Crippen LogP contribution in [-0.2, 0) is 11.5 Å². The molecule has 0 aliphatic carbocycles. The second-order valence-corrected chi connectivity index (χ2v) is 6.31. The van der Waals surface area contributed by atoms with Crippen molar-refractivity contribution in [1.82, 2.24) is 5.43 Å². The Bertz CT molecular complexity index is 566. The van der Waals surface area contributed by atoms with E-state index in [1.54, 1.807) is 0 Å². The maximum absolute atomic E-state index is 11.3. The third kappa shape index (κ3) is 3.83. The Balaban J connectivity index is 1.88. The highest BCUT2D eigenvalue weighted by Crippen LogP contribution is 2.24. The number of hydrogen-bond acceptors (Lipinski definition) is 4. The van der Waals surface area contributed by atoms with Gasteiger partial charge in [-0.3, -0.25) is 10.2 Å². The van der Waals surface area contributed by atoms with Gasteiger partial charge in [-0.05, 0) is 30.2 Å². The first-order valence-corrected chi connectivity index (χ1v) is 7.89. The second kappa shape index (κ2) is 6.75. The van der Waals surface area contributed by atoms with E-state index < -0.39 is 0 Å². The van der Waals surface area contributed by atoms with Crippen molar-refractivity contribution in [2.75, 3.05) is 0 Å². The SMILES string of the molecule is Cc1ccccc1CSCc1ccc(C(=O)NN)s1. The van der Waals surface area contributed by atoms with Crippen molar-refractivity contribution in [1.29, 1.82) is 0 Å². The molecule has 0 unspecified atom stereocenters. The first kappa shape index (κ1) is 14.1. The number of thiophene rings is 1. The Hall–Kier alpha value is -1.30. The number of thioether (sulfide) groups is 1. The van der Waals surface area contributed by atoms with Crippen molar-refractivity contribution in [2.24, 2.45) is 5.84 Å². The number of nitrogen functional groups attached to an aromatic ring is 1. The predicted octanol–water partition coefficient (Wildman–Crippen LogP) is 3.09. The molecular weight excluding hydrogens is 276 g/mol. The van der Waals surface area contributed by atoms with Gasteiger partial charge in [-0.15, -0.1) is 11.3 Å². The summed E-state index contributed by atoms with van der Waals surface area (Å²) in [5.41, 5.74) is 4.84. The number of aryl methyl sites for hydroxylation is 1. The molecular formula is C14H16N2OS2. The van der Waals surface area contributed by atoms with Crippen LogP contribution in [0.4, 0.5) is 0 Å². The highest BCUT2D eigenvalue weighted by atomic mass is 32.2. The molecule has 0 bridgehead atoms. The molecule has 100 valence electrons. The standard InChI is InChI=1S/C14H16N2OS2/c1-10-4-2-3-5-11(10)8-18-9-12-6-7-13(19-12)14(17)16-15/h2-7H,8-9,15H2,1H3,(H,16,17). The quantitative estimate of drug-likeness (QED) is 0.506. The van der Waals surface area contributed by atoms with Gasteiger partial charge in [-0.25, -0.2) is 5.84 Å². The summed E-state index contributed by atoms with van der Waals surface area (Å²) >= 11 is 3.35. The highest BCUT2D eigenvalue weighted by molar-refractivity contribution is 7.97. The number of nitrogens with two attached hydrogens (primary N) is 1. The van der Waals surface area contributed by atoms with Crippen LogP contribution in [0.15, 0.2) is 36.4 Å². The minimum Gasteiger partial charge on any atom is -0.289 e. The number of hydrazine groups is 1. The molecule has 1 heterocycles. The van der Waals surface area contributed by atoms with Crippen LogP contribution in [0.5, 0.6) is 0 Å². The van der Waals surface area contributed by atoms with E-state index in [0.29, 0.717) is 4.88 Å². The Morgan fingerprint density at radius 2 is 2.05 bits per heavy atom. The Kier molecular flexibility index (Phi) is 5.01. The molecule has 19 heavy (non-hydrogen) atoms. The molecule has 0 saturated heterocycles. The van der Waals surface area contributed by atoms with E-state index in [-0.39, 0.29) is 5.91 Å². The normalized spacial score (nSPS) is 10.4. The summed E-state index contributed by atoms with van der Waals surface area (Å²) in [5.74, 6) is 6.79. The number of benzene rings is 1. The van der Waals surface area contributed by atoms with Gasteiger partial charge in [0.1, 0.15) is 0 Å². The molecule has 2 aromatic rings. The van der Waals surface area contributed by atoms with E-state index in [1.165, 1.54) is 27.3 Å². The minimum absolute atomic E-state index is 0.222. The maximum Gasteiger partial charge on any atom is 0.275 e. The number of carbonyl (C=O) groups excluding carboxylic acids is 1. The van der Waals surface area contributed by atoms with Gasteiger partial charge in [0.15, 0.2) is 0 Å². The third-order valence-corrected chi connectivity index (χ3v) is 5.08. The van der Waals surface area contributed by atoms with Gasteiger partial charge in [0.2, 0.25) is 0 Å². The molecule has 0 atom stereocenters. The fourth-order valence-electron chi connectivity index (χ4n) is 1.68. The zero-order chi connectivity index (χ0) is 13.7. The average Bonchev–Trinajstić information content (AvgIpc) is 2.89. The van der Waals surface area contributed by atoms with Crippen LogP contribution in [0, 0.1) is 6.92 Å². The monoisotopic (exact) mass is 292 g/mol. The number of rotatable bonds is 5. The van der Waals surface area contributed by atoms with E-state index in [2.05, 4.69) is 36.6 Å². The molecule has 1 amide bonds. The van der Waals surface area contributed by atoms with Gasteiger partial charge in [0.05, 0.1) is 4.88 Å². The van der Waals surface area contributed by atoms with Gasteiger partial charge in [0, 0.05) is 16.4 Å². The molecule has 2 rings (SSSR count). The van der Waals surface area contributed by atoms with E-state index in [0.717, 1.165) is 11.5 Å². The van der Waals surface area contributed by atoms with Gasteiger partial charge in [-0.2, -0.15) is 11.8 Å². The maximum atomic E-state index is 11.3. The molecule has 0 spiro atoms. The first-order chi connectivity index (χ1) is 9.20. The van der Waals surface area contributed by atoms with Crippen molar-refractivity contribution in [3.05, 3.63) is 57.3 Å². The summed E-state index contributed by atoms with van der Waals surface area (Å²) in [7, 11) is 0. The summed E-state index contributed by atoms with van der Waals surface area (Å²) in [5, 5.41) is 0. The molecule has 3 nitrogen and oxygen atoms in total. The van der Waals surface area contributed by atoms with Crippen LogP contribution in [0.2, 0.25) is 0 Å². The van der Waals surface area contributed by atoms with E-state index >= 15 is 0 Å². The van der Waals surface area contributed by atoms with Crippen LogP contribution in [-0.4, -0.2) is 5.91 Å². The molecule has 3 N–H and O–H groups in total. The van der Waals surface area contributed by atoms with E-state index in [4.69, 9.17) is 5.84 Å². The van der Waals surface area contributed by atoms with Gasteiger partial charge < -0.3 is 0 Å². The predicted molar refractivity (Wildman–Crippen MR) is 82.2 cm³/mol. The van der Waals surface area contributed by atoms with Crippen molar-refractivity contribution in [3.8, 4) is 0 Å². The minimum atomic E-state index is -0.222. The lowest BCUT2D eigenvalue weighted by molar-refractivity contribution is 0.0957. The summed E-state index contributed by atoms with van der Waals surface area (Å²) in [6.45, 7) is 2.13. The molecule has 0 aliphatic rings. The molecule has 1 aromatic carbocycles. The summed E-state index contributed by atoms with van der Waals surface area (Å²) < 4.78 is 0. The Morgan fingerprint density at radius 1 is 1.26 bits per heavy atom. The summed E-state index contributed by atoms with van der Waals surface area (Å²) in [4.78, 5) is 13.2. The van der Waals surface area contributed by atoms with Gasteiger partial charge >= 0.3 is 0 Å². The van der Waals surface area contributed by atoms with Crippen molar-refractivity contribution >= 4 is 29.0 Å². The zero-order valence-corrected chi connectivity index (χ0v) is 12.3. The zero-order valence-electron chi connectivity index (χ0n) is 10.7. The van der Waals surface area contributed by atoms with Crippen LogP contribution < -0.4 is 11.3 Å². The van der Waals surface area contributed by atoms with Crippen LogP contribution in [0.25, 0.3) is 0 Å². The van der Waals surface area contributed by atoms with E-state index in [9.17, 15) is 4.79 Å². The molecule has 0 fully saturated rings. The number of carbonyl (C=O) groups is 1. The lowest BCUT2D eigenvalue weighted by Crippen LogP contribution is -2.29. The van der Waals surface area contributed by atoms with E-state index in [1.807, 2.05) is 23.9 Å². The molecule has 1 aromatic heterocycles. The average molecular weight is 292 g/mol. The van der Waals surface area contributed by atoms with Gasteiger partial charge in [-0.1, -0.05) is 24.3 Å². The smallest absolute Gasteiger partial charge is 0.275 e. The number of hydrogen-bond donors (Lipinski definition) is 2. The molecule has 0 radical (unpaired) electrons. The number of nitrogens with one attached hydrogen (secondary N) is 1. The lowest BCUT2D eigenvalue weighted by Gasteiger charge is -2.04. The Morgan fingerprint density at radius 3 is 2.79 bits per heavy atom.